The van der Waals surface area contributed by atoms with E-state index in [-0.39, 0.29) is 39.2 Å². The highest BCUT2D eigenvalue weighted by atomic mass is 32.2. The van der Waals surface area contributed by atoms with Gasteiger partial charge in [0.25, 0.3) is 0 Å². The molecule has 0 heterocycles. The van der Waals surface area contributed by atoms with Crippen molar-refractivity contribution in [2.24, 2.45) is 56.4 Å². The molecule has 44 heavy (non-hydrogen) atoms. The zero-order valence-corrected chi connectivity index (χ0v) is 29.5. The van der Waals surface area contributed by atoms with E-state index in [4.69, 9.17) is 4.74 Å². The summed E-state index contributed by atoms with van der Waals surface area (Å²) in [5, 5.41) is 20.2. The quantitative estimate of drug-likeness (QED) is 0.115. The molecule has 5 rings (SSSR count). The largest absolute Gasteiger partial charge is 0.467 e. The van der Waals surface area contributed by atoms with Gasteiger partial charge in [-0.1, -0.05) is 51.9 Å². The normalized spacial score (nSPS) is 43.9. The number of nitrogens with one attached hydrogen (secondary N) is 2. The van der Waals surface area contributed by atoms with E-state index in [0.29, 0.717) is 36.0 Å². The van der Waals surface area contributed by atoms with E-state index in [9.17, 15) is 14.8 Å². The number of urea groups is 1. The molecular weight excluding hydrogens is 570 g/mol. The lowest BCUT2D eigenvalue weighted by Crippen LogP contribution is -2.69. The summed E-state index contributed by atoms with van der Waals surface area (Å²) in [5.41, 5.74) is 2.42. The molecule has 5 aliphatic carbocycles. The average molecular weight is 630 g/mol. The fraction of sp³-hybridized carbons (Fsp3) is 0.861. The number of esters is 1. The van der Waals surface area contributed by atoms with E-state index in [1.165, 1.54) is 38.4 Å². The Hall–Kier alpha value is -1.70. The molecule has 5 fully saturated rings. The van der Waals surface area contributed by atoms with Gasteiger partial charge in [-0.2, -0.15) is 11.8 Å². The molecule has 0 bridgehead atoms. The Balaban J connectivity index is 1.45. The second-order valence-corrected chi connectivity index (χ2v) is 17.6. The van der Waals surface area contributed by atoms with Crippen LogP contribution in [0.4, 0.5) is 4.79 Å². The highest BCUT2D eigenvalue weighted by Gasteiger charge is 2.71. The van der Waals surface area contributed by atoms with Crippen LogP contribution in [0.5, 0.6) is 0 Å². The third-order valence-electron chi connectivity index (χ3n) is 14.7. The van der Waals surface area contributed by atoms with Crippen LogP contribution >= 0.6 is 11.8 Å². The molecule has 0 saturated heterocycles. The van der Waals surface area contributed by atoms with Crippen LogP contribution in [0, 0.1) is 51.2 Å². The molecule has 5 saturated carbocycles. The monoisotopic (exact) mass is 629 g/mol. The Morgan fingerprint density at radius 2 is 1.75 bits per heavy atom. The van der Waals surface area contributed by atoms with Crippen molar-refractivity contribution in [2.75, 3.05) is 19.1 Å². The van der Waals surface area contributed by atoms with Crippen molar-refractivity contribution < 1.29 is 19.5 Å². The van der Waals surface area contributed by atoms with E-state index in [1.807, 2.05) is 6.26 Å². The molecule has 10 atom stereocenters. The SMILES string of the molecule is C=C(C)[C@@H]1CC[C@]2(NC(=O)N[C@H](CCSC)C(=O)OC)CC[C@@]3(C)[C@H](CC[C@@H]4[C@@]5(C)CC/C(=N\O)C(C)(C)[C@@H]5CC[C@]43C)[C@@H]12. The minimum Gasteiger partial charge on any atom is -0.467 e. The smallest absolute Gasteiger partial charge is 0.328 e. The van der Waals surface area contributed by atoms with Gasteiger partial charge in [0.15, 0.2) is 0 Å². The van der Waals surface area contributed by atoms with E-state index >= 15 is 0 Å². The van der Waals surface area contributed by atoms with Crippen molar-refractivity contribution in [2.45, 2.75) is 124 Å². The Kier molecular flexibility index (Phi) is 9.05. The Bertz CT molecular complexity index is 1190. The van der Waals surface area contributed by atoms with Crippen LogP contribution < -0.4 is 10.6 Å². The first-order valence-corrected chi connectivity index (χ1v) is 18.6. The van der Waals surface area contributed by atoms with Gasteiger partial charge in [-0.15, -0.1) is 0 Å². The number of carbonyl (C=O) groups is 2. The lowest BCUT2D eigenvalue weighted by molar-refractivity contribution is -0.221. The summed E-state index contributed by atoms with van der Waals surface area (Å²) < 4.78 is 5.03. The molecule has 2 amide bonds. The Labute approximate surface area is 270 Å². The third kappa shape index (κ3) is 4.94. The minimum absolute atomic E-state index is 0.0891. The summed E-state index contributed by atoms with van der Waals surface area (Å²) >= 11 is 1.66. The van der Waals surface area contributed by atoms with Crippen LogP contribution in [-0.4, -0.2) is 53.6 Å². The van der Waals surface area contributed by atoms with E-state index < -0.39 is 6.04 Å². The molecular formula is C36H59N3O4S. The first-order valence-electron chi connectivity index (χ1n) is 17.2. The number of rotatable bonds is 7. The van der Waals surface area contributed by atoms with Gasteiger partial charge in [-0.05, 0) is 135 Å². The fourth-order valence-electron chi connectivity index (χ4n) is 12.4. The van der Waals surface area contributed by atoms with E-state index in [0.717, 1.165) is 50.0 Å². The molecule has 0 spiro atoms. The lowest BCUT2D eigenvalue weighted by atomic mass is 9.32. The Morgan fingerprint density at radius 1 is 1.02 bits per heavy atom. The molecule has 7 nitrogen and oxygen atoms in total. The molecule has 248 valence electrons. The standard InChI is InChI=1S/C36H59N3O4S/c1-22(2)23-12-18-36(38-31(41)37-25(15-21-44-9)30(40)43-8)20-19-34(6)24(29(23)36)10-11-27-33(5)16-14-28(39-42)32(3,4)26(33)13-17-35(27,34)7/h23-27,29,42H,1,10-21H2,2-9H3,(H2,37,38,41)/b39-28+/t23-,24+,25+,26-,27+,29+,33-,34-,35+,36-/m0/s1. The first kappa shape index (κ1) is 33.7. The zero-order chi connectivity index (χ0) is 32.3. The van der Waals surface area contributed by atoms with Crippen LogP contribution in [0.3, 0.4) is 0 Å². The number of nitrogens with zero attached hydrogens (tertiary/aromatic N) is 1. The number of ether oxygens (including phenoxy) is 1. The van der Waals surface area contributed by atoms with Gasteiger partial charge in [-0.3, -0.25) is 0 Å². The van der Waals surface area contributed by atoms with Crippen LogP contribution in [0.2, 0.25) is 0 Å². The van der Waals surface area contributed by atoms with Gasteiger partial charge in [0, 0.05) is 11.0 Å². The van der Waals surface area contributed by atoms with Crippen molar-refractivity contribution in [3.8, 4) is 0 Å². The Morgan fingerprint density at radius 3 is 2.39 bits per heavy atom. The topological polar surface area (TPSA) is 100 Å². The van der Waals surface area contributed by atoms with Gasteiger partial charge in [0.05, 0.1) is 12.8 Å². The maximum Gasteiger partial charge on any atom is 0.328 e. The number of methoxy groups -OCH3 is 1. The summed E-state index contributed by atoms with van der Waals surface area (Å²) in [6, 6.07) is -0.882. The maximum atomic E-state index is 13.7. The molecule has 0 aromatic heterocycles. The molecule has 0 aromatic carbocycles. The number of carbonyl (C=O) groups excluding carboxylic acids is 2. The number of thioether (sulfide) groups is 1. The molecule has 0 unspecified atom stereocenters. The van der Waals surface area contributed by atoms with Crippen LogP contribution in [-0.2, 0) is 9.53 Å². The summed E-state index contributed by atoms with van der Waals surface area (Å²) in [6.07, 6.45) is 13.4. The van der Waals surface area contributed by atoms with Gasteiger partial charge < -0.3 is 20.6 Å². The zero-order valence-electron chi connectivity index (χ0n) is 28.7. The van der Waals surface area contributed by atoms with Gasteiger partial charge >= 0.3 is 12.0 Å². The third-order valence-corrected chi connectivity index (χ3v) is 15.4. The molecule has 3 N–H and O–H groups in total. The number of oxime groups is 1. The fourth-order valence-corrected chi connectivity index (χ4v) is 12.9. The highest BCUT2D eigenvalue weighted by Crippen LogP contribution is 2.76. The van der Waals surface area contributed by atoms with Crippen molar-refractivity contribution in [3.05, 3.63) is 12.2 Å². The minimum atomic E-state index is -0.643. The number of hydrogen-bond acceptors (Lipinski definition) is 6. The van der Waals surface area contributed by atoms with Crippen molar-refractivity contribution in [1.29, 1.82) is 0 Å². The number of allylic oxidation sites excluding steroid dienone is 1. The number of amides is 2. The van der Waals surface area contributed by atoms with Crippen LogP contribution in [0.15, 0.2) is 17.3 Å². The van der Waals surface area contributed by atoms with Gasteiger partial charge in [-0.25, -0.2) is 9.59 Å². The van der Waals surface area contributed by atoms with Crippen molar-refractivity contribution >= 4 is 29.5 Å². The van der Waals surface area contributed by atoms with Crippen LogP contribution in [0.25, 0.3) is 0 Å². The summed E-state index contributed by atoms with van der Waals surface area (Å²) in [5.74, 6) is 2.76. The highest BCUT2D eigenvalue weighted by molar-refractivity contribution is 7.98. The second-order valence-electron chi connectivity index (χ2n) is 16.6. The summed E-state index contributed by atoms with van der Waals surface area (Å²) in [4.78, 5) is 26.2. The predicted molar refractivity (Wildman–Crippen MR) is 179 cm³/mol. The summed E-state index contributed by atoms with van der Waals surface area (Å²) in [7, 11) is 1.39. The van der Waals surface area contributed by atoms with Gasteiger partial charge in [0.2, 0.25) is 0 Å². The van der Waals surface area contributed by atoms with E-state index in [1.54, 1.807) is 11.8 Å². The second kappa shape index (κ2) is 11.8. The first-order chi connectivity index (χ1) is 20.6. The molecule has 0 radical (unpaired) electrons. The van der Waals surface area contributed by atoms with Crippen molar-refractivity contribution in [3.63, 3.8) is 0 Å². The molecule has 0 aromatic rings. The molecule has 0 aliphatic heterocycles. The lowest BCUT2D eigenvalue weighted by Gasteiger charge is -2.72. The summed E-state index contributed by atoms with van der Waals surface area (Å²) in [6.45, 7) is 19.1. The predicted octanol–water partition coefficient (Wildman–Crippen LogP) is 7.82. The maximum absolute atomic E-state index is 13.7. The van der Waals surface area contributed by atoms with Gasteiger partial charge in [0.1, 0.15) is 6.04 Å². The molecule has 8 heteroatoms. The van der Waals surface area contributed by atoms with Crippen LogP contribution in [0.1, 0.15) is 112 Å². The number of hydrogen-bond donors (Lipinski definition) is 3. The molecule has 5 aliphatic rings. The van der Waals surface area contributed by atoms with Crippen molar-refractivity contribution in [1.82, 2.24) is 10.6 Å². The average Bonchev–Trinajstić information content (AvgIpc) is 3.34. The number of fused-ring (bicyclic) bond motifs is 7. The van der Waals surface area contributed by atoms with E-state index in [2.05, 4.69) is 63.9 Å².